The molecule has 7 nitrogen and oxygen atoms in total. The lowest BCUT2D eigenvalue weighted by Gasteiger charge is -2.20. The van der Waals surface area contributed by atoms with Crippen molar-refractivity contribution in [2.45, 2.75) is 23.4 Å². The van der Waals surface area contributed by atoms with E-state index in [4.69, 9.17) is 10.8 Å². The van der Waals surface area contributed by atoms with Crippen molar-refractivity contribution in [3.63, 3.8) is 0 Å². The highest BCUT2D eigenvalue weighted by molar-refractivity contribution is 7.83. The molecular weight excluding hydrogens is 294 g/mol. The number of benzene rings is 1. The van der Waals surface area contributed by atoms with E-state index < -0.39 is 28.9 Å². The Hall–Kier alpha value is -1.77. The van der Waals surface area contributed by atoms with Crippen LogP contribution in [-0.2, 0) is 20.6 Å². The number of hydrogen-bond donors (Lipinski definition) is 3. The molecule has 1 heterocycles. The molecule has 0 saturated carbocycles. The van der Waals surface area contributed by atoms with Crippen LogP contribution in [0.25, 0.3) is 0 Å². The molecule has 0 aliphatic carbocycles. The van der Waals surface area contributed by atoms with Crippen LogP contribution >= 0.6 is 0 Å². The molecular formula is C13H17N3O4S. The zero-order valence-corrected chi connectivity index (χ0v) is 12.1. The Morgan fingerprint density at radius 2 is 2.05 bits per heavy atom. The number of nitrogens with two attached hydrogens (primary N) is 1. The molecule has 8 heteroatoms. The molecule has 0 bridgehead atoms. The molecule has 21 heavy (non-hydrogen) atoms. The second-order valence-electron chi connectivity index (χ2n) is 4.74. The van der Waals surface area contributed by atoms with Crippen LogP contribution in [0.15, 0.2) is 35.2 Å². The molecule has 1 aliphatic heterocycles. The van der Waals surface area contributed by atoms with Crippen molar-refractivity contribution in [3.05, 3.63) is 30.3 Å². The molecule has 0 spiro atoms. The largest absolute Gasteiger partial charge is 0.480 e. The van der Waals surface area contributed by atoms with Gasteiger partial charge in [0, 0.05) is 12.6 Å². The van der Waals surface area contributed by atoms with E-state index in [-0.39, 0.29) is 25.6 Å². The fourth-order valence-corrected chi connectivity index (χ4v) is 3.33. The number of nitrogens with one attached hydrogen (secondary N) is 1. The van der Waals surface area contributed by atoms with Gasteiger partial charge < -0.3 is 15.7 Å². The highest BCUT2D eigenvalue weighted by atomic mass is 32.2. The predicted octanol–water partition coefficient (Wildman–Crippen LogP) is -0.688. The summed E-state index contributed by atoms with van der Waals surface area (Å²) in [5.74, 6) is -1.50. The Morgan fingerprint density at radius 3 is 2.62 bits per heavy atom. The van der Waals surface area contributed by atoms with Crippen LogP contribution < -0.4 is 10.5 Å². The summed E-state index contributed by atoms with van der Waals surface area (Å²) in [5, 5.41) is 9.16. The molecule has 4 N–H and O–H groups in total. The maximum absolute atomic E-state index is 12.1. The molecule has 1 unspecified atom stereocenters. The molecule has 2 rings (SSSR count). The molecule has 3 atom stereocenters. The SMILES string of the molecule is NCC(=O)N1C[C@H](NS(=O)c2ccccc2)C[C@H]1C(=O)O. The zero-order chi connectivity index (χ0) is 15.4. The summed E-state index contributed by atoms with van der Waals surface area (Å²) in [6, 6.07) is 7.53. The number of carbonyl (C=O) groups is 2. The Labute approximate surface area is 124 Å². The van der Waals surface area contributed by atoms with Crippen LogP contribution in [0.5, 0.6) is 0 Å². The van der Waals surface area contributed by atoms with E-state index in [2.05, 4.69) is 4.72 Å². The lowest BCUT2D eigenvalue weighted by atomic mass is 10.2. The van der Waals surface area contributed by atoms with Gasteiger partial charge in [-0.05, 0) is 18.6 Å². The number of likely N-dealkylation sites (tertiary alicyclic amines) is 1. The van der Waals surface area contributed by atoms with E-state index in [1.807, 2.05) is 6.07 Å². The van der Waals surface area contributed by atoms with Gasteiger partial charge >= 0.3 is 5.97 Å². The minimum Gasteiger partial charge on any atom is -0.480 e. The van der Waals surface area contributed by atoms with Crippen LogP contribution in [0.1, 0.15) is 6.42 Å². The van der Waals surface area contributed by atoms with E-state index in [0.29, 0.717) is 4.90 Å². The lowest BCUT2D eigenvalue weighted by molar-refractivity contribution is -0.147. The Bertz CT molecular complexity index is 552. The van der Waals surface area contributed by atoms with Crippen molar-refractivity contribution >= 4 is 22.9 Å². The zero-order valence-electron chi connectivity index (χ0n) is 11.3. The molecule has 1 aliphatic rings. The van der Waals surface area contributed by atoms with Gasteiger partial charge in [-0.2, -0.15) is 0 Å². The Balaban J connectivity index is 2.04. The highest BCUT2D eigenvalue weighted by Gasteiger charge is 2.39. The van der Waals surface area contributed by atoms with Crippen molar-refractivity contribution in [1.29, 1.82) is 0 Å². The summed E-state index contributed by atoms with van der Waals surface area (Å²) in [6.45, 7) is -0.0517. The maximum Gasteiger partial charge on any atom is 0.326 e. The van der Waals surface area contributed by atoms with Crippen molar-refractivity contribution in [1.82, 2.24) is 9.62 Å². The number of carboxylic acid groups (broad SMARTS) is 1. The number of amides is 1. The summed E-state index contributed by atoms with van der Waals surface area (Å²) in [7, 11) is -1.44. The third-order valence-corrected chi connectivity index (χ3v) is 4.56. The van der Waals surface area contributed by atoms with Gasteiger partial charge in [0.1, 0.15) is 17.0 Å². The highest BCUT2D eigenvalue weighted by Crippen LogP contribution is 2.19. The van der Waals surface area contributed by atoms with Gasteiger partial charge in [0.25, 0.3) is 0 Å². The fraction of sp³-hybridized carbons (Fsp3) is 0.385. The van der Waals surface area contributed by atoms with Gasteiger partial charge in [-0.3, -0.25) is 4.79 Å². The summed E-state index contributed by atoms with van der Waals surface area (Å²) >= 11 is 0. The summed E-state index contributed by atoms with van der Waals surface area (Å²) in [4.78, 5) is 24.7. The maximum atomic E-state index is 12.1. The van der Waals surface area contributed by atoms with Crippen molar-refractivity contribution in [2.24, 2.45) is 5.73 Å². The first-order valence-corrected chi connectivity index (χ1v) is 7.63. The number of hydrogen-bond acceptors (Lipinski definition) is 4. The molecule has 0 aromatic heterocycles. The number of nitrogens with zero attached hydrogens (tertiary/aromatic N) is 1. The van der Waals surface area contributed by atoms with E-state index in [9.17, 15) is 13.8 Å². The molecule has 0 radical (unpaired) electrons. The average Bonchev–Trinajstić information content (AvgIpc) is 2.91. The predicted molar refractivity (Wildman–Crippen MR) is 76.6 cm³/mol. The number of rotatable bonds is 5. The summed E-state index contributed by atoms with van der Waals surface area (Å²) in [6.07, 6.45) is 0.208. The molecule has 1 aromatic carbocycles. The van der Waals surface area contributed by atoms with Gasteiger partial charge in [-0.25, -0.2) is 13.7 Å². The molecule has 1 aromatic rings. The molecule has 114 valence electrons. The smallest absolute Gasteiger partial charge is 0.326 e. The average molecular weight is 311 g/mol. The van der Waals surface area contributed by atoms with Crippen molar-refractivity contribution < 1.29 is 18.9 Å². The third kappa shape index (κ3) is 3.66. The monoisotopic (exact) mass is 311 g/mol. The van der Waals surface area contributed by atoms with Gasteiger partial charge in [0.05, 0.1) is 11.4 Å². The van der Waals surface area contributed by atoms with E-state index in [1.165, 1.54) is 4.90 Å². The number of carboxylic acids is 1. The van der Waals surface area contributed by atoms with Crippen LogP contribution in [-0.4, -0.2) is 51.3 Å². The Kier molecular flexibility index (Phi) is 5.05. The van der Waals surface area contributed by atoms with Crippen LogP contribution in [0.2, 0.25) is 0 Å². The van der Waals surface area contributed by atoms with Crippen LogP contribution in [0.3, 0.4) is 0 Å². The minimum atomic E-state index is -1.44. The lowest BCUT2D eigenvalue weighted by Crippen LogP contribution is -2.44. The first kappa shape index (κ1) is 15.6. The fourth-order valence-electron chi connectivity index (χ4n) is 2.31. The third-order valence-electron chi connectivity index (χ3n) is 3.31. The first-order valence-electron chi connectivity index (χ1n) is 6.48. The second-order valence-corrected chi connectivity index (χ2v) is 5.98. The topological polar surface area (TPSA) is 113 Å². The molecule has 1 amide bonds. The summed E-state index contributed by atoms with van der Waals surface area (Å²) in [5.41, 5.74) is 5.29. The second kappa shape index (κ2) is 6.79. The van der Waals surface area contributed by atoms with Crippen molar-refractivity contribution in [2.75, 3.05) is 13.1 Å². The normalized spacial score (nSPS) is 23.0. The van der Waals surface area contributed by atoms with Crippen molar-refractivity contribution in [3.8, 4) is 0 Å². The van der Waals surface area contributed by atoms with Gasteiger partial charge in [0.2, 0.25) is 5.91 Å². The van der Waals surface area contributed by atoms with Gasteiger partial charge in [-0.15, -0.1) is 0 Å². The standard InChI is InChI=1S/C13H17N3O4S/c14-7-12(17)16-8-9(6-11(16)13(18)19)15-21(20)10-4-2-1-3-5-10/h1-5,9,11,15H,6-8,14H2,(H,18,19)/t9-,11+,21?/m1/s1. The number of carbonyl (C=O) groups excluding carboxylic acids is 1. The van der Waals surface area contributed by atoms with E-state index in [1.54, 1.807) is 24.3 Å². The van der Waals surface area contributed by atoms with Gasteiger partial charge in [0.15, 0.2) is 0 Å². The van der Waals surface area contributed by atoms with Gasteiger partial charge in [-0.1, -0.05) is 18.2 Å². The first-order chi connectivity index (χ1) is 10.0. The Morgan fingerprint density at radius 1 is 1.38 bits per heavy atom. The summed E-state index contributed by atoms with van der Waals surface area (Å²) < 4.78 is 15.0. The molecule has 1 fully saturated rings. The van der Waals surface area contributed by atoms with E-state index >= 15 is 0 Å². The quantitative estimate of drug-likeness (QED) is 0.666. The number of aliphatic carboxylic acids is 1. The van der Waals surface area contributed by atoms with Crippen LogP contribution in [0.4, 0.5) is 0 Å². The molecule has 1 saturated heterocycles. The van der Waals surface area contributed by atoms with Crippen LogP contribution in [0, 0.1) is 0 Å². The minimum absolute atomic E-state index is 0.186. The van der Waals surface area contributed by atoms with E-state index in [0.717, 1.165) is 0 Å².